The van der Waals surface area contributed by atoms with Crippen molar-refractivity contribution >= 4 is 5.97 Å². The van der Waals surface area contributed by atoms with Crippen LogP contribution in [0.4, 0.5) is 0 Å². The predicted molar refractivity (Wildman–Crippen MR) is 65.6 cm³/mol. The molecule has 1 aromatic rings. The molecule has 0 atom stereocenters. The third-order valence-corrected chi connectivity index (χ3v) is 2.09. The first kappa shape index (κ1) is 13.3. The summed E-state index contributed by atoms with van der Waals surface area (Å²) < 4.78 is 4.88. The largest absolute Gasteiger partial charge is 0.462 e. The lowest BCUT2D eigenvalue weighted by molar-refractivity contribution is 0.0526. The highest BCUT2D eigenvalue weighted by molar-refractivity contribution is 5.89. The van der Waals surface area contributed by atoms with Gasteiger partial charge in [0.15, 0.2) is 0 Å². The molecule has 0 aliphatic rings. The van der Waals surface area contributed by atoms with Crippen LogP contribution in [0.3, 0.4) is 0 Å². The number of aliphatic hydroxyl groups excluding tert-OH is 1. The summed E-state index contributed by atoms with van der Waals surface area (Å²) in [6.07, 6.45) is 1.37. The Morgan fingerprint density at radius 2 is 2.06 bits per heavy atom. The summed E-state index contributed by atoms with van der Waals surface area (Å²) in [4.78, 5) is 11.4. The van der Waals surface area contributed by atoms with Crippen LogP contribution in [0.2, 0.25) is 0 Å². The molecule has 0 spiro atoms. The van der Waals surface area contributed by atoms with E-state index in [1.165, 1.54) is 0 Å². The van der Waals surface area contributed by atoms with Crippen molar-refractivity contribution in [3.63, 3.8) is 0 Å². The predicted octanol–water partition coefficient (Wildman–Crippen LogP) is 1.99. The van der Waals surface area contributed by atoms with Crippen molar-refractivity contribution in [2.24, 2.45) is 0 Å². The molecule has 0 saturated heterocycles. The third-order valence-electron chi connectivity index (χ3n) is 2.09. The van der Waals surface area contributed by atoms with E-state index < -0.39 is 0 Å². The number of carbonyl (C=O) groups excluding carboxylic acids is 1. The fraction of sp³-hybridized carbons (Fsp3) is 0.357. The number of ether oxygens (including phenoxy) is 1. The molecule has 0 amide bonds. The minimum absolute atomic E-state index is 0.163. The van der Waals surface area contributed by atoms with Gasteiger partial charge < -0.3 is 9.84 Å². The minimum Gasteiger partial charge on any atom is -0.462 e. The molecule has 0 aliphatic carbocycles. The average Bonchev–Trinajstić information content (AvgIpc) is 2.36. The molecule has 3 heteroatoms. The standard InChI is InChI=1S/C14H16O3/c1-2-17-14(16)13-9-7-12(8-10-13)6-4-3-5-11-15/h7-10,15H,2-3,5,11H2,1H3. The molecule has 90 valence electrons. The van der Waals surface area contributed by atoms with E-state index in [1.54, 1.807) is 31.2 Å². The first-order chi connectivity index (χ1) is 8.27. The van der Waals surface area contributed by atoms with Gasteiger partial charge >= 0.3 is 5.97 Å². The van der Waals surface area contributed by atoms with Crippen molar-refractivity contribution in [2.45, 2.75) is 19.8 Å². The highest BCUT2D eigenvalue weighted by Gasteiger charge is 2.04. The second-order valence-corrected chi connectivity index (χ2v) is 3.43. The molecule has 1 aromatic carbocycles. The van der Waals surface area contributed by atoms with Gasteiger partial charge in [-0.15, -0.1) is 0 Å². The molecule has 3 nitrogen and oxygen atoms in total. The van der Waals surface area contributed by atoms with Gasteiger partial charge in [-0.25, -0.2) is 4.79 Å². The molecular weight excluding hydrogens is 216 g/mol. The van der Waals surface area contributed by atoms with Crippen LogP contribution < -0.4 is 0 Å². The molecule has 0 unspecified atom stereocenters. The van der Waals surface area contributed by atoms with E-state index in [0.717, 1.165) is 5.56 Å². The summed E-state index contributed by atoms with van der Waals surface area (Å²) in [7, 11) is 0. The third kappa shape index (κ3) is 4.71. The second kappa shape index (κ2) is 7.48. The number of esters is 1. The lowest BCUT2D eigenvalue weighted by atomic mass is 10.1. The monoisotopic (exact) mass is 232 g/mol. The maximum absolute atomic E-state index is 11.4. The first-order valence-corrected chi connectivity index (χ1v) is 5.65. The molecule has 1 rings (SSSR count). The Hall–Kier alpha value is -1.79. The lowest BCUT2D eigenvalue weighted by Gasteiger charge is -2.00. The number of rotatable bonds is 4. The van der Waals surface area contributed by atoms with Crippen molar-refractivity contribution < 1.29 is 14.6 Å². The lowest BCUT2D eigenvalue weighted by Crippen LogP contribution is -2.04. The zero-order valence-corrected chi connectivity index (χ0v) is 9.90. The zero-order chi connectivity index (χ0) is 12.5. The highest BCUT2D eigenvalue weighted by atomic mass is 16.5. The smallest absolute Gasteiger partial charge is 0.338 e. The number of benzene rings is 1. The van der Waals surface area contributed by atoms with E-state index in [9.17, 15) is 4.79 Å². The van der Waals surface area contributed by atoms with Crippen LogP contribution in [-0.2, 0) is 4.74 Å². The summed E-state index contributed by atoms with van der Waals surface area (Å²) in [5.74, 6) is 5.60. The fourth-order valence-corrected chi connectivity index (χ4v) is 1.24. The molecule has 0 aromatic heterocycles. The van der Waals surface area contributed by atoms with E-state index >= 15 is 0 Å². The summed E-state index contributed by atoms with van der Waals surface area (Å²) >= 11 is 0. The molecule has 0 bridgehead atoms. The Bertz CT molecular complexity index is 409. The Morgan fingerprint density at radius 3 is 2.65 bits per heavy atom. The zero-order valence-electron chi connectivity index (χ0n) is 9.90. The molecular formula is C14H16O3. The van der Waals surface area contributed by atoms with Gasteiger partial charge in [0, 0.05) is 18.6 Å². The summed E-state index contributed by atoms with van der Waals surface area (Å²) in [6, 6.07) is 6.98. The van der Waals surface area contributed by atoms with Crippen molar-refractivity contribution in [2.75, 3.05) is 13.2 Å². The number of carbonyl (C=O) groups is 1. The number of hydrogen-bond acceptors (Lipinski definition) is 3. The first-order valence-electron chi connectivity index (χ1n) is 5.65. The van der Waals surface area contributed by atoms with E-state index in [4.69, 9.17) is 9.84 Å². The van der Waals surface area contributed by atoms with Gasteiger partial charge in [-0.1, -0.05) is 11.8 Å². The van der Waals surface area contributed by atoms with E-state index in [2.05, 4.69) is 11.8 Å². The molecule has 17 heavy (non-hydrogen) atoms. The molecule has 0 aliphatic heterocycles. The van der Waals surface area contributed by atoms with Crippen LogP contribution in [0.15, 0.2) is 24.3 Å². The van der Waals surface area contributed by atoms with Crippen LogP contribution in [-0.4, -0.2) is 24.3 Å². The normalized spacial score (nSPS) is 9.29. The van der Waals surface area contributed by atoms with Gasteiger partial charge in [-0.3, -0.25) is 0 Å². The van der Waals surface area contributed by atoms with Crippen molar-refractivity contribution in [1.82, 2.24) is 0 Å². The number of unbranched alkanes of at least 4 members (excludes halogenated alkanes) is 1. The van der Waals surface area contributed by atoms with E-state index in [-0.39, 0.29) is 12.6 Å². The van der Waals surface area contributed by atoms with Crippen LogP contribution in [0.1, 0.15) is 35.7 Å². The van der Waals surface area contributed by atoms with Gasteiger partial charge in [0.1, 0.15) is 0 Å². The molecule has 0 radical (unpaired) electrons. The number of hydrogen-bond donors (Lipinski definition) is 1. The van der Waals surface area contributed by atoms with Gasteiger partial charge in [0.25, 0.3) is 0 Å². The molecule has 0 saturated carbocycles. The quantitative estimate of drug-likeness (QED) is 0.490. The Balaban J connectivity index is 2.60. The van der Waals surface area contributed by atoms with Gasteiger partial charge in [0.2, 0.25) is 0 Å². The van der Waals surface area contributed by atoms with Crippen LogP contribution >= 0.6 is 0 Å². The fourth-order valence-electron chi connectivity index (χ4n) is 1.24. The highest BCUT2D eigenvalue weighted by Crippen LogP contribution is 2.05. The molecule has 0 heterocycles. The average molecular weight is 232 g/mol. The minimum atomic E-state index is -0.313. The van der Waals surface area contributed by atoms with Crippen molar-refractivity contribution in [3.05, 3.63) is 35.4 Å². The molecule has 0 fully saturated rings. The van der Waals surface area contributed by atoms with E-state index in [0.29, 0.717) is 25.0 Å². The Labute approximate surface area is 101 Å². The Morgan fingerprint density at radius 1 is 1.35 bits per heavy atom. The summed E-state index contributed by atoms with van der Waals surface area (Å²) in [5, 5.41) is 8.59. The van der Waals surface area contributed by atoms with Crippen LogP contribution in [0, 0.1) is 11.8 Å². The second-order valence-electron chi connectivity index (χ2n) is 3.43. The maximum atomic E-state index is 11.4. The van der Waals surface area contributed by atoms with Crippen molar-refractivity contribution in [3.8, 4) is 11.8 Å². The van der Waals surface area contributed by atoms with Gasteiger partial charge in [0.05, 0.1) is 12.2 Å². The van der Waals surface area contributed by atoms with Gasteiger partial charge in [-0.05, 0) is 37.6 Å². The van der Waals surface area contributed by atoms with Gasteiger partial charge in [-0.2, -0.15) is 0 Å². The van der Waals surface area contributed by atoms with Crippen molar-refractivity contribution in [1.29, 1.82) is 0 Å². The van der Waals surface area contributed by atoms with Crippen LogP contribution in [0.5, 0.6) is 0 Å². The number of aliphatic hydroxyl groups is 1. The van der Waals surface area contributed by atoms with E-state index in [1.807, 2.05) is 0 Å². The topological polar surface area (TPSA) is 46.5 Å². The summed E-state index contributed by atoms with van der Waals surface area (Å²) in [6.45, 7) is 2.32. The molecule has 1 N–H and O–H groups in total. The maximum Gasteiger partial charge on any atom is 0.338 e. The van der Waals surface area contributed by atoms with Crippen LogP contribution in [0.25, 0.3) is 0 Å². The SMILES string of the molecule is CCOC(=O)c1ccc(C#CCCCO)cc1. The Kier molecular flexibility index (Phi) is 5.84. The summed E-state index contributed by atoms with van der Waals surface area (Å²) in [5.41, 5.74) is 1.39.